The highest BCUT2D eigenvalue weighted by Gasteiger charge is 2.56. The highest BCUT2D eigenvalue weighted by atomic mass is 35.5. The Bertz CT molecular complexity index is 854. The molecule has 23 heavy (non-hydrogen) atoms. The summed E-state index contributed by atoms with van der Waals surface area (Å²) < 4.78 is 38.0. The Balaban J connectivity index is 2.18. The number of fused-ring (bicyclic) bond motifs is 2. The SMILES string of the molecule is C=C(Cl)CN1C(=O)NC2(CCS(=O)(=O)c3ccc(F)cc32)C1=O. The lowest BCUT2D eigenvalue weighted by Gasteiger charge is -2.33. The summed E-state index contributed by atoms with van der Waals surface area (Å²) in [5, 5.41) is 2.58. The van der Waals surface area contributed by atoms with Crippen LogP contribution >= 0.6 is 11.6 Å². The van der Waals surface area contributed by atoms with E-state index >= 15 is 0 Å². The smallest absolute Gasteiger partial charge is 0.319 e. The number of sulfone groups is 1. The number of benzene rings is 1. The molecule has 9 heteroatoms. The molecule has 2 aliphatic rings. The number of amides is 3. The second-order valence-corrected chi connectivity index (χ2v) is 8.07. The number of rotatable bonds is 2. The van der Waals surface area contributed by atoms with Gasteiger partial charge in [0.25, 0.3) is 5.91 Å². The summed E-state index contributed by atoms with van der Waals surface area (Å²) in [4.78, 5) is 25.5. The molecule has 0 bridgehead atoms. The first-order chi connectivity index (χ1) is 10.7. The number of hydrogen-bond acceptors (Lipinski definition) is 4. The summed E-state index contributed by atoms with van der Waals surface area (Å²) in [6, 6.07) is 2.38. The van der Waals surface area contributed by atoms with Crippen LogP contribution in [0.4, 0.5) is 9.18 Å². The van der Waals surface area contributed by atoms with Gasteiger partial charge in [-0.1, -0.05) is 18.2 Å². The topological polar surface area (TPSA) is 83.6 Å². The maximum Gasteiger partial charge on any atom is 0.325 e. The Morgan fingerprint density at radius 3 is 2.78 bits per heavy atom. The summed E-state index contributed by atoms with van der Waals surface area (Å²) in [5.41, 5.74) is -1.64. The van der Waals surface area contributed by atoms with Crippen molar-refractivity contribution in [2.24, 2.45) is 0 Å². The van der Waals surface area contributed by atoms with Gasteiger partial charge in [-0.15, -0.1) is 0 Å². The second kappa shape index (κ2) is 5.04. The fourth-order valence-electron chi connectivity index (χ4n) is 2.93. The number of halogens is 2. The van der Waals surface area contributed by atoms with Crippen molar-refractivity contribution in [3.63, 3.8) is 0 Å². The van der Waals surface area contributed by atoms with Crippen LogP contribution in [-0.4, -0.2) is 37.6 Å². The average Bonchev–Trinajstić information content (AvgIpc) is 2.68. The summed E-state index contributed by atoms with van der Waals surface area (Å²) in [6.45, 7) is 3.24. The molecule has 1 unspecified atom stereocenters. The first-order valence-electron chi connectivity index (χ1n) is 6.67. The van der Waals surface area contributed by atoms with Crippen molar-refractivity contribution in [1.29, 1.82) is 0 Å². The summed E-state index contributed by atoms with van der Waals surface area (Å²) in [7, 11) is -3.64. The number of urea groups is 1. The zero-order chi connectivity index (χ0) is 17.0. The average molecular weight is 359 g/mol. The monoisotopic (exact) mass is 358 g/mol. The minimum absolute atomic E-state index is 0.0511. The molecule has 0 aromatic heterocycles. The first kappa shape index (κ1) is 15.9. The van der Waals surface area contributed by atoms with Crippen LogP contribution in [0.5, 0.6) is 0 Å². The van der Waals surface area contributed by atoms with Crippen molar-refractivity contribution in [1.82, 2.24) is 10.2 Å². The van der Waals surface area contributed by atoms with Crippen molar-refractivity contribution < 1.29 is 22.4 Å². The summed E-state index contributed by atoms with van der Waals surface area (Å²) in [6.07, 6.45) is -0.165. The zero-order valence-electron chi connectivity index (χ0n) is 11.8. The van der Waals surface area contributed by atoms with Gasteiger partial charge in [-0.25, -0.2) is 17.6 Å². The third-order valence-corrected chi connectivity index (χ3v) is 5.87. The van der Waals surface area contributed by atoms with E-state index in [1.165, 1.54) is 0 Å². The van der Waals surface area contributed by atoms with Crippen molar-refractivity contribution in [3.8, 4) is 0 Å². The molecule has 1 atom stereocenters. The van der Waals surface area contributed by atoms with Crippen LogP contribution in [0.25, 0.3) is 0 Å². The van der Waals surface area contributed by atoms with Crippen molar-refractivity contribution in [2.75, 3.05) is 12.3 Å². The lowest BCUT2D eigenvalue weighted by molar-refractivity contribution is -0.131. The Morgan fingerprint density at radius 1 is 1.43 bits per heavy atom. The van der Waals surface area contributed by atoms with Gasteiger partial charge in [0.1, 0.15) is 11.4 Å². The van der Waals surface area contributed by atoms with Gasteiger partial charge in [0.05, 0.1) is 17.2 Å². The summed E-state index contributed by atoms with van der Waals surface area (Å²) in [5.74, 6) is -1.68. The normalized spacial score (nSPS) is 25.4. The van der Waals surface area contributed by atoms with E-state index in [0.29, 0.717) is 0 Å². The van der Waals surface area contributed by atoms with Crippen molar-refractivity contribution >= 4 is 33.4 Å². The quantitative estimate of drug-likeness (QED) is 0.641. The number of carbonyl (C=O) groups excluding carboxylic acids is 2. The number of carbonyl (C=O) groups is 2. The van der Waals surface area contributed by atoms with Crippen molar-refractivity contribution in [3.05, 3.63) is 41.2 Å². The first-order valence-corrected chi connectivity index (χ1v) is 8.70. The molecule has 3 rings (SSSR count). The number of hydrogen-bond donors (Lipinski definition) is 1. The van der Waals surface area contributed by atoms with Crippen LogP contribution in [0.15, 0.2) is 34.7 Å². The molecule has 0 radical (unpaired) electrons. The molecule has 122 valence electrons. The van der Waals surface area contributed by atoms with Gasteiger partial charge in [0, 0.05) is 10.6 Å². The minimum atomic E-state index is -3.64. The molecule has 1 aromatic carbocycles. The molecule has 1 spiro atoms. The van der Waals surface area contributed by atoms with E-state index in [-0.39, 0.29) is 34.2 Å². The van der Waals surface area contributed by atoms with Gasteiger partial charge in [-0.2, -0.15) is 0 Å². The van der Waals surface area contributed by atoms with Crippen LogP contribution in [-0.2, 0) is 20.2 Å². The van der Waals surface area contributed by atoms with Crippen LogP contribution in [0.1, 0.15) is 12.0 Å². The molecule has 2 aliphatic heterocycles. The molecule has 1 fully saturated rings. The zero-order valence-corrected chi connectivity index (χ0v) is 13.4. The van der Waals surface area contributed by atoms with Gasteiger partial charge in [-0.3, -0.25) is 9.69 Å². The van der Waals surface area contributed by atoms with Crippen LogP contribution in [0.3, 0.4) is 0 Å². The molecule has 1 saturated heterocycles. The van der Waals surface area contributed by atoms with E-state index in [4.69, 9.17) is 11.6 Å². The van der Waals surface area contributed by atoms with E-state index in [1.807, 2.05) is 0 Å². The van der Waals surface area contributed by atoms with Gasteiger partial charge < -0.3 is 5.32 Å². The number of nitrogens with one attached hydrogen (secondary N) is 1. The Kier molecular flexibility index (Phi) is 3.49. The highest BCUT2D eigenvalue weighted by molar-refractivity contribution is 7.91. The molecule has 6 nitrogen and oxygen atoms in total. The van der Waals surface area contributed by atoms with Crippen LogP contribution < -0.4 is 5.32 Å². The van der Waals surface area contributed by atoms with E-state index < -0.39 is 33.1 Å². The van der Waals surface area contributed by atoms with E-state index in [1.54, 1.807) is 0 Å². The molecule has 3 amide bonds. The van der Waals surface area contributed by atoms with Gasteiger partial charge >= 0.3 is 6.03 Å². The van der Waals surface area contributed by atoms with Crippen molar-refractivity contribution in [2.45, 2.75) is 16.9 Å². The lowest BCUT2D eigenvalue weighted by atomic mass is 9.86. The predicted molar refractivity (Wildman–Crippen MR) is 80.0 cm³/mol. The minimum Gasteiger partial charge on any atom is -0.319 e. The Labute approximate surface area is 136 Å². The maximum atomic E-state index is 13.6. The highest BCUT2D eigenvalue weighted by Crippen LogP contribution is 2.41. The van der Waals surface area contributed by atoms with E-state index in [0.717, 1.165) is 23.1 Å². The van der Waals surface area contributed by atoms with Gasteiger partial charge in [0.15, 0.2) is 9.84 Å². The molecule has 0 saturated carbocycles. The molecular weight excluding hydrogens is 347 g/mol. The van der Waals surface area contributed by atoms with Gasteiger partial charge in [0.2, 0.25) is 0 Å². The fraction of sp³-hybridized carbons (Fsp3) is 0.286. The van der Waals surface area contributed by atoms with E-state index in [9.17, 15) is 22.4 Å². The molecule has 1 N–H and O–H groups in total. The molecule has 1 aromatic rings. The largest absolute Gasteiger partial charge is 0.325 e. The molecule has 0 aliphatic carbocycles. The van der Waals surface area contributed by atoms with E-state index in [2.05, 4.69) is 11.9 Å². The van der Waals surface area contributed by atoms with Gasteiger partial charge in [-0.05, 0) is 24.6 Å². The van der Waals surface area contributed by atoms with Crippen LogP contribution in [0.2, 0.25) is 0 Å². The standard InChI is InChI=1S/C14H12ClFN2O4S/c1-8(15)7-18-12(19)14(17-13(18)20)4-5-23(21,22)11-3-2-9(16)6-10(11)14/h2-3,6H,1,4-5,7H2,(H,17,20). The lowest BCUT2D eigenvalue weighted by Crippen LogP contribution is -2.49. The Hall–Kier alpha value is -1.93. The number of nitrogens with zero attached hydrogens (tertiary/aromatic N) is 1. The predicted octanol–water partition coefficient (Wildman–Crippen LogP) is 1.50. The maximum absolute atomic E-state index is 13.6. The number of imide groups is 1. The Morgan fingerprint density at radius 2 is 2.13 bits per heavy atom. The van der Waals surface area contributed by atoms with Crippen LogP contribution in [0, 0.1) is 5.82 Å². The third kappa shape index (κ3) is 2.33. The molecular formula is C14H12ClFN2O4S. The summed E-state index contributed by atoms with van der Waals surface area (Å²) >= 11 is 5.66. The fourth-order valence-corrected chi connectivity index (χ4v) is 4.69. The third-order valence-electron chi connectivity index (χ3n) is 3.99. The second-order valence-electron chi connectivity index (χ2n) is 5.45. The molecule has 2 heterocycles.